The van der Waals surface area contributed by atoms with Crippen LogP contribution in [-0.4, -0.2) is 28.9 Å². The Hall–Kier alpha value is 0.650. The van der Waals surface area contributed by atoms with Crippen molar-refractivity contribution in [1.29, 1.82) is 0 Å². The summed E-state index contributed by atoms with van der Waals surface area (Å²) in [5, 5.41) is 0. The van der Waals surface area contributed by atoms with Crippen LogP contribution in [0.2, 0.25) is 0 Å². The third-order valence-electron chi connectivity index (χ3n) is 2.38. The summed E-state index contributed by atoms with van der Waals surface area (Å²) in [5.74, 6) is 1.66. The Balaban J connectivity index is 1.94. The topological polar surface area (TPSA) is 18.5 Å². The van der Waals surface area contributed by atoms with Crippen LogP contribution in [0.3, 0.4) is 0 Å². The molecule has 1 aliphatic carbocycles. The Kier molecular flexibility index (Phi) is 1.90. The Morgan fingerprint density at radius 1 is 1.60 bits per heavy atom. The van der Waals surface area contributed by atoms with Crippen LogP contribution >= 0.6 is 0 Å². The molecule has 0 amide bonds. The molecule has 3 heteroatoms. The zero-order chi connectivity index (χ0) is 7.14. The number of alkyl halides is 2. The van der Waals surface area contributed by atoms with Crippen LogP contribution in [0.1, 0.15) is 0 Å². The van der Waals surface area contributed by atoms with E-state index in [-0.39, 0.29) is 6.29 Å². The fraction of sp³-hybridized carbons (Fsp3) is 1.00. The van der Waals surface area contributed by atoms with Crippen molar-refractivity contribution in [3.8, 4) is 0 Å². The molecule has 0 spiro atoms. The average molecular weight is 255 g/mol. The molecule has 2 nitrogen and oxygen atoms in total. The monoisotopic (exact) mass is 255 g/mol. The van der Waals surface area contributed by atoms with Crippen LogP contribution in [0, 0.1) is 11.8 Å². The van der Waals surface area contributed by atoms with Gasteiger partial charge in [0.1, 0.15) is 0 Å². The summed E-state index contributed by atoms with van der Waals surface area (Å²) in [4.78, 5) is 2.36. The van der Waals surface area contributed by atoms with Gasteiger partial charge in [-0.2, -0.15) is 0 Å². The molecule has 0 bridgehead atoms. The summed E-state index contributed by atoms with van der Waals surface area (Å²) in [6.45, 7) is 0.960. The summed E-state index contributed by atoms with van der Waals surface area (Å²) < 4.78 is 11.6. The molecule has 0 aromatic heterocycles. The van der Waals surface area contributed by atoms with E-state index in [0.717, 1.165) is 22.4 Å². The van der Waals surface area contributed by atoms with E-state index in [9.17, 15) is 0 Å². The van der Waals surface area contributed by atoms with Crippen molar-refractivity contribution in [2.24, 2.45) is 11.8 Å². The number of halogens is 1. The zero-order valence-electron chi connectivity index (χ0n) is 6.21. The maximum atomic E-state index is 5.39. The average Bonchev–Trinajstić information content (AvgIpc) is 2.51. The second-order valence-electron chi connectivity index (χ2n) is 2.84. The van der Waals surface area contributed by atoms with Crippen molar-refractivity contribution in [3.63, 3.8) is 0 Å². The van der Waals surface area contributed by atoms with E-state index in [2.05, 4.69) is 4.93 Å². The number of hydrogen-bond donors (Lipinski definition) is 0. The zero-order valence-corrected chi connectivity index (χ0v) is 8.37. The van der Waals surface area contributed by atoms with E-state index in [1.165, 1.54) is 0 Å². The number of fused-ring (bicyclic) bond motifs is 1. The molecule has 0 radical (unpaired) electrons. The third-order valence-corrected chi connectivity index (χ3v) is 5.57. The van der Waals surface area contributed by atoms with Gasteiger partial charge in [0.15, 0.2) is 0 Å². The first-order chi connectivity index (χ1) is 4.88. The van der Waals surface area contributed by atoms with Gasteiger partial charge < -0.3 is 0 Å². The normalized spacial score (nSPS) is 51.4. The quantitative estimate of drug-likeness (QED) is 0.395. The molecule has 1 heterocycles. The minimum absolute atomic E-state index is 0.148. The van der Waals surface area contributed by atoms with E-state index in [4.69, 9.17) is 9.47 Å². The molecular weight excluding hydrogens is 243 g/mol. The SMILES string of the molecule is CO[C@@H]1OC[C@H]2C1[C@H]2[I-]C. The Bertz CT molecular complexity index is 136. The van der Waals surface area contributed by atoms with E-state index in [0.29, 0.717) is 21.2 Å². The number of ether oxygens (including phenoxy) is 2. The second-order valence-corrected chi connectivity index (χ2v) is 5.53. The van der Waals surface area contributed by atoms with E-state index < -0.39 is 0 Å². The molecule has 2 fully saturated rings. The van der Waals surface area contributed by atoms with Gasteiger partial charge in [0, 0.05) is 0 Å². The number of methoxy groups -OCH3 is 1. The Labute approximate surface area is 71.5 Å². The molecule has 2 rings (SSSR count). The summed E-state index contributed by atoms with van der Waals surface area (Å²) in [7, 11) is 1.75. The van der Waals surface area contributed by atoms with E-state index >= 15 is 0 Å². The van der Waals surface area contributed by atoms with E-state index in [1.54, 1.807) is 7.11 Å². The molecule has 10 heavy (non-hydrogen) atoms. The van der Waals surface area contributed by atoms with Gasteiger partial charge in [0.25, 0.3) is 0 Å². The van der Waals surface area contributed by atoms with Crippen molar-refractivity contribution >= 4 is 0 Å². The fourth-order valence-corrected chi connectivity index (χ4v) is 4.84. The first-order valence-electron chi connectivity index (χ1n) is 3.51. The van der Waals surface area contributed by atoms with Gasteiger partial charge in [-0.1, -0.05) is 0 Å². The predicted octanol–water partition coefficient (Wildman–Crippen LogP) is -2.68. The molecule has 0 aromatic carbocycles. The molecular formula is C7H12IO2-. The van der Waals surface area contributed by atoms with Crippen LogP contribution < -0.4 is 21.2 Å². The fourth-order valence-electron chi connectivity index (χ4n) is 1.76. The standard InChI is InChI=1S/C7H12IO2/c1-8-6-4-3-10-7(9-2)5(4)6/h4-7H,3H2,1-2H3/q-1/t4-,5?,6-,7+/m0/s1. The summed E-state index contributed by atoms with van der Waals surface area (Å²) in [6, 6.07) is 0. The minimum atomic E-state index is 0.148. The maximum absolute atomic E-state index is 5.39. The summed E-state index contributed by atoms with van der Waals surface area (Å²) >= 11 is 0.430. The van der Waals surface area contributed by atoms with Gasteiger partial charge in [0.2, 0.25) is 0 Å². The number of rotatable bonds is 2. The van der Waals surface area contributed by atoms with Crippen molar-refractivity contribution in [2.75, 3.05) is 18.6 Å². The first-order valence-corrected chi connectivity index (χ1v) is 6.91. The van der Waals surface area contributed by atoms with Gasteiger partial charge in [-0.05, 0) is 0 Å². The molecule has 4 atom stereocenters. The van der Waals surface area contributed by atoms with Gasteiger partial charge >= 0.3 is 71.4 Å². The van der Waals surface area contributed by atoms with Crippen LogP contribution in [0.4, 0.5) is 0 Å². The molecule has 60 valence electrons. The molecule has 1 saturated carbocycles. The van der Waals surface area contributed by atoms with Gasteiger partial charge in [-0.25, -0.2) is 0 Å². The predicted molar refractivity (Wildman–Crippen MR) is 33.4 cm³/mol. The van der Waals surface area contributed by atoms with Crippen molar-refractivity contribution in [1.82, 2.24) is 0 Å². The molecule has 1 aliphatic heterocycles. The van der Waals surface area contributed by atoms with Gasteiger partial charge in [-0.3, -0.25) is 0 Å². The molecule has 1 saturated heterocycles. The summed E-state index contributed by atoms with van der Waals surface area (Å²) in [6.07, 6.45) is 0.148. The third kappa shape index (κ3) is 0.905. The Morgan fingerprint density at radius 3 is 2.90 bits per heavy atom. The van der Waals surface area contributed by atoms with Crippen LogP contribution in [0.25, 0.3) is 0 Å². The molecule has 1 unspecified atom stereocenters. The van der Waals surface area contributed by atoms with Gasteiger partial charge in [0.05, 0.1) is 0 Å². The number of hydrogen-bond acceptors (Lipinski definition) is 2. The van der Waals surface area contributed by atoms with Crippen molar-refractivity contribution in [3.05, 3.63) is 0 Å². The molecule has 0 aromatic rings. The second kappa shape index (κ2) is 2.60. The van der Waals surface area contributed by atoms with Crippen molar-refractivity contribution in [2.45, 2.75) is 10.2 Å². The summed E-state index contributed by atoms with van der Waals surface area (Å²) in [5.41, 5.74) is 0. The van der Waals surface area contributed by atoms with Crippen LogP contribution in [0.15, 0.2) is 0 Å². The Morgan fingerprint density at radius 2 is 2.40 bits per heavy atom. The first kappa shape index (κ1) is 7.31. The van der Waals surface area contributed by atoms with Gasteiger partial charge in [-0.15, -0.1) is 0 Å². The molecule has 0 N–H and O–H groups in total. The molecule has 2 aliphatic rings. The van der Waals surface area contributed by atoms with Crippen molar-refractivity contribution < 1.29 is 30.7 Å². The van der Waals surface area contributed by atoms with Crippen LogP contribution in [0.5, 0.6) is 0 Å². The van der Waals surface area contributed by atoms with E-state index in [1.807, 2.05) is 0 Å². The van der Waals surface area contributed by atoms with Crippen LogP contribution in [-0.2, 0) is 9.47 Å².